The van der Waals surface area contributed by atoms with Gasteiger partial charge in [-0.1, -0.05) is 0 Å². The number of nitrogens with one attached hydrogen (secondary N) is 1. The van der Waals surface area contributed by atoms with E-state index < -0.39 is 18.0 Å². The van der Waals surface area contributed by atoms with Crippen LogP contribution in [0.25, 0.3) is 0 Å². The van der Waals surface area contributed by atoms with Gasteiger partial charge in [0.25, 0.3) is 0 Å². The Bertz CT molecular complexity index is 818. The van der Waals surface area contributed by atoms with Gasteiger partial charge >= 0.3 is 5.97 Å². The van der Waals surface area contributed by atoms with Crippen molar-refractivity contribution in [3.05, 3.63) is 53.8 Å². The van der Waals surface area contributed by atoms with E-state index in [1.54, 1.807) is 45.2 Å². The van der Waals surface area contributed by atoms with E-state index in [2.05, 4.69) is 5.32 Å². The molecule has 0 saturated heterocycles. The van der Waals surface area contributed by atoms with Crippen molar-refractivity contribution in [2.24, 2.45) is 0 Å². The number of nitrogens with zero attached hydrogens (tertiary/aromatic N) is 1. The van der Waals surface area contributed by atoms with Crippen LogP contribution in [0.15, 0.2) is 42.5 Å². The highest BCUT2D eigenvalue weighted by Gasteiger charge is 2.26. The maximum Gasteiger partial charge on any atom is 0.326 e. The van der Waals surface area contributed by atoms with Gasteiger partial charge in [0.1, 0.15) is 23.6 Å². The van der Waals surface area contributed by atoms with Crippen molar-refractivity contribution in [3.63, 3.8) is 0 Å². The monoisotopic (exact) mass is 372 g/mol. The van der Waals surface area contributed by atoms with Gasteiger partial charge in [-0.25, -0.2) is 4.39 Å². The molecule has 0 bridgehead atoms. The average Bonchev–Trinajstić information content (AvgIpc) is 2.65. The fourth-order valence-corrected chi connectivity index (χ4v) is 2.43. The molecule has 0 aliphatic heterocycles. The molecule has 27 heavy (non-hydrogen) atoms. The maximum atomic E-state index is 13.9. The van der Waals surface area contributed by atoms with E-state index >= 15 is 0 Å². The number of carbonyl (C=O) groups excluding carboxylic acids is 1. The van der Waals surface area contributed by atoms with Gasteiger partial charge in [-0.2, -0.15) is 5.26 Å². The summed E-state index contributed by atoms with van der Waals surface area (Å²) >= 11 is 0. The quantitative estimate of drug-likeness (QED) is 0.715. The third-order valence-electron chi connectivity index (χ3n) is 3.76. The van der Waals surface area contributed by atoms with Crippen molar-refractivity contribution < 1.29 is 23.4 Å². The van der Waals surface area contributed by atoms with E-state index in [1.807, 2.05) is 6.07 Å². The van der Waals surface area contributed by atoms with Crippen molar-refractivity contribution in [2.45, 2.75) is 26.0 Å². The van der Waals surface area contributed by atoms with Crippen LogP contribution in [0.2, 0.25) is 0 Å². The normalized spacial score (nSPS) is 12.6. The molecular formula is C20H21FN2O4. The maximum absolute atomic E-state index is 13.9. The van der Waals surface area contributed by atoms with Crippen molar-refractivity contribution in [1.82, 2.24) is 5.32 Å². The Labute approximate surface area is 157 Å². The topological polar surface area (TPSA) is 80.6 Å². The Morgan fingerprint density at radius 1 is 1.22 bits per heavy atom. The van der Waals surface area contributed by atoms with Gasteiger partial charge in [0.05, 0.1) is 18.2 Å². The Balaban J connectivity index is 2.02. The Kier molecular flexibility index (Phi) is 7.15. The van der Waals surface area contributed by atoms with Crippen molar-refractivity contribution in [2.75, 3.05) is 13.7 Å². The van der Waals surface area contributed by atoms with Gasteiger partial charge in [-0.05, 0) is 63.4 Å². The molecule has 0 unspecified atom stereocenters. The number of rotatable bonds is 8. The summed E-state index contributed by atoms with van der Waals surface area (Å²) in [6.07, 6.45) is -0.461. The van der Waals surface area contributed by atoms with Gasteiger partial charge in [0.15, 0.2) is 11.6 Å². The lowest BCUT2D eigenvalue weighted by molar-refractivity contribution is -0.147. The summed E-state index contributed by atoms with van der Waals surface area (Å²) in [6, 6.07) is 11.8. The number of carbonyl (C=O) groups is 1. The third-order valence-corrected chi connectivity index (χ3v) is 3.76. The van der Waals surface area contributed by atoms with E-state index in [0.717, 1.165) is 6.07 Å². The number of halogens is 1. The van der Waals surface area contributed by atoms with E-state index in [-0.39, 0.29) is 17.3 Å². The number of hydrogen-bond acceptors (Lipinski definition) is 6. The third kappa shape index (κ3) is 5.43. The number of ether oxygens (including phenoxy) is 3. The molecule has 0 fully saturated rings. The number of esters is 1. The molecule has 0 heterocycles. The second kappa shape index (κ2) is 9.55. The smallest absolute Gasteiger partial charge is 0.326 e. The number of benzene rings is 2. The molecule has 6 nitrogen and oxygen atoms in total. The van der Waals surface area contributed by atoms with Crippen LogP contribution in [-0.2, 0) is 9.53 Å². The Morgan fingerprint density at radius 2 is 1.89 bits per heavy atom. The van der Waals surface area contributed by atoms with E-state index in [9.17, 15) is 9.18 Å². The zero-order valence-electron chi connectivity index (χ0n) is 15.4. The summed E-state index contributed by atoms with van der Waals surface area (Å²) in [4.78, 5) is 11.9. The molecule has 2 aromatic rings. The standard InChI is InChI=1S/C20H21FN2O4/c1-4-25-20(24)19(23-3)13(2)26-15-6-8-16(9-7-15)27-18-10-5-14(12-22)11-17(18)21/h5-11,13,19,23H,4H2,1-3H3/t13-,19-/m1/s1. The van der Waals surface area contributed by atoms with Crippen LogP contribution < -0.4 is 14.8 Å². The minimum absolute atomic E-state index is 0.0218. The molecule has 2 rings (SSSR count). The molecule has 0 aliphatic carbocycles. The number of hydrogen-bond donors (Lipinski definition) is 1. The molecule has 2 atom stereocenters. The van der Waals surface area contributed by atoms with Crippen molar-refractivity contribution in [3.8, 4) is 23.3 Å². The molecule has 1 N–H and O–H groups in total. The van der Waals surface area contributed by atoms with Gasteiger partial charge in [0, 0.05) is 0 Å². The SMILES string of the molecule is CCOC(=O)[C@H](NC)[C@@H](C)Oc1ccc(Oc2ccc(C#N)cc2F)cc1. The van der Waals surface area contributed by atoms with E-state index in [4.69, 9.17) is 19.5 Å². The predicted molar refractivity (Wildman–Crippen MR) is 97.2 cm³/mol. The van der Waals surface area contributed by atoms with Crippen molar-refractivity contribution >= 4 is 5.97 Å². The van der Waals surface area contributed by atoms with Crippen LogP contribution in [0.4, 0.5) is 4.39 Å². The number of nitriles is 1. The highest BCUT2D eigenvalue weighted by Crippen LogP contribution is 2.27. The first kappa shape index (κ1) is 20.2. The first-order chi connectivity index (χ1) is 13.0. The molecule has 0 aromatic heterocycles. The summed E-state index contributed by atoms with van der Waals surface area (Å²) < 4.78 is 30.1. The van der Waals surface area contributed by atoms with Gasteiger partial charge in [0.2, 0.25) is 0 Å². The fraction of sp³-hybridized carbons (Fsp3) is 0.300. The largest absolute Gasteiger partial charge is 0.488 e. The Hall–Kier alpha value is -3.11. The highest BCUT2D eigenvalue weighted by molar-refractivity contribution is 5.76. The van der Waals surface area contributed by atoms with Crippen LogP contribution in [0.3, 0.4) is 0 Å². The number of likely N-dealkylation sites (N-methyl/N-ethyl adjacent to an activating group) is 1. The van der Waals surface area contributed by atoms with E-state index in [1.165, 1.54) is 12.1 Å². The van der Waals surface area contributed by atoms with Gasteiger partial charge < -0.3 is 19.5 Å². The summed E-state index contributed by atoms with van der Waals surface area (Å²) in [5.41, 5.74) is 0.221. The lowest BCUT2D eigenvalue weighted by atomic mass is 10.2. The second-order valence-electron chi connectivity index (χ2n) is 5.67. The summed E-state index contributed by atoms with van der Waals surface area (Å²) in [5, 5.41) is 11.6. The van der Waals surface area contributed by atoms with Crippen LogP contribution >= 0.6 is 0 Å². The second-order valence-corrected chi connectivity index (χ2v) is 5.67. The molecule has 0 spiro atoms. The zero-order chi connectivity index (χ0) is 19.8. The van der Waals surface area contributed by atoms with Crippen LogP contribution in [0.1, 0.15) is 19.4 Å². The lowest BCUT2D eigenvalue weighted by Gasteiger charge is -2.23. The minimum Gasteiger partial charge on any atom is -0.488 e. The molecule has 0 radical (unpaired) electrons. The van der Waals surface area contributed by atoms with Crippen LogP contribution in [0, 0.1) is 17.1 Å². The first-order valence-electron chi connectivity index (χ1n) is 8.46. The molecular weight excluding hydrogens is 351 g/mol. The van der Waals surface area contributed by atoms with Crippen LogP contribution in [0.5, 0.6) is 17.2 Å². The van der Waals surface area contributed by atoms with Crippen molar-refractivity contribution in [1.29, 1.82) is 5.26 Å². The molecule has 0 amide bonds. The molecule has 0 saturated carbocycles. The van der Waals surface area contributed by atoms with Gasteiger partial charge in [-0.3, -0.25) is 4.79 Å². The summed E-state index contributed by atoms with van der Waals surface area (Å²) in [6.45, 7) is 3.79. The predicted octanol–water partition coefficient (Wildman–Crippen LogP) is 3.41. The average molecular weight is 372 g/mol. The fourth-order valence-electron chi connectivity index (χ4n) is 2.43. The molecule has 7 heteroatoms. The summed E-state index contributed by atoms with van der Waals surface area (Å²) in [7, 11) is 1.66. The van der Waals surface area contributed by atoms with E-state index in [0.29, 0.717) is 18.1 Å². The lowest BCUT2D eigenvalue weighted by Crippen LogP contribution is -2.46. The minimum atomic E-state index is -0.616. The molecule has 2 aromatic carbocycles. The molecule has 142 valence electrons. The first-order valence-corrected chi connectivity index (χ1v) is 8.46. The van der Waals surface area contributed by atoms with Crippen LogP contribution in [-0.4, -0.2) is 31.8 Å². The van der Waals surface area contributed by atoms with Gasteiger partial charge in [-0.15, -0.1) is 0 Å². The highest BCUT2D eigenvalue weighted by atomic mass is 19.1. The zero-order valence-corrected chi connectivity index (χ0v) is 15.4. The Morgan fingerprint density at radius 3 is 2.44 bits per heavy atom. The summed E-state index contributed by atoms with van der Waals surface area (Å²) in [5.74, 6) is -0.0412. The molecule has 0 aliphatic rings.